The molecule has 1 aliphatic heterocycles. The Bertz CT molecular complexity index is 1090. The molecule has 0 radical (unpaired) electrons. The van der Waals surface area contributed by atoms with Crippen molar-refractivity contribution < 1.29 is 14.3 Å². The number of hydrogen-bond donors (Lipinski definition) is 1. The number of aryl methyl sites for hydroxylation is 3. The third-order valence-electron chi connectivity index (χ3n) is 4.78. The maximum atomic E-state index is 12.7. The molecule has 0 atom stereocenters. The van der Waals surface area contributed by atoms with Crippen LogP contribution in [0.25, 0.3) is 5.82 Å². The van der Waals surface area contributed by atoms with Crippen molar-refractivity contribution >= 4 is 23.4 Å². The lowest BCUT2D eigenvalue weighted by molar-refractivity contribution is 0.102. The minimum absolute atomic E-state index is 0.276. The zero-order valence-corrected chi connectivity index (χ0v) is 16.5. The van der Waals surface area contributed by atoms with Gasteiger partial charge in [-0.25, -0.2) is 14.5 Å². The fourth-order valence-electron chi connectivity index (χ4n) is 3.24. The quantitative estimate of drug-likeness (QED) is 0.736. The zero-order valence-electron chi connectivity index (χ0n) is 16.5. The summed E-state index contributed by atoms with van der Waals surface area (Å²) in [6.07, 6.45) is 1.15. The van der Waals surface area contributed by atoms with Crippen LogP contribution in [0.5, 0.6) is 0 Å². The molecule has 2 aromatic heterocycles. The molecule has 1 saturated heterocycles. The molecule has 0 aliphatic carbocycles. The molecular formula is C21H21N5O3. The molecule has 2 amide bonds. The highest BCUT2D eigenvalue weighted by Crippen LogP contribution is 2.26. The van der Waals surface area contributed by atoms with Crippen LogP contribution in [0.1, 0.15) is 27.3 Å². The van der Waals surface area contributed by atoms with Gasteiger partial charge in [-0.1, -0.05) is 6.07 Å². The third-order valence-corrected chi connectivity index (χ3v) is 4.78. The lowest BCUT2D eigenvalue weighted by Crippen LogP contribution is -2.23. The first-order chi connectivity index (χ1) is 13.9. The monoisotopic (exact) mass is 391 g/mol. The number of nitrogens with zero attached hydrogens (tertiary/aromatic N) is 4. The van der Waals surface area contributed by atoms with Gasteiger partial charge in [0, 0.05) is 23.3 Å². The van der Waals surface area contributed by atoms with E-state index in [4.69, 9.17) is 4.74 Å². The van der Waals surface area contributed by atoms with Crippen molar-refractivity contribution in [1.82, 2.24) is 14.8 Å². The molecule has 8 heteroatoms. The second-order valence-electron chi connectivity index (χ2n) is 6.96. The lowest BCUT2D eigenvalue weighted by Gasteiger charge is -2.16. The molecule has 0 saturated carbocycles. The zero-order chi connectivity index (χ0) is 20.5. The number of aromatic nitrogens is 3. The second kappa shape index (κ2) is 7.38. The van der Waals surface area contributed by atoms with Gasteiger partial charge in [-0.3, -0.25) is 9.69 Å². The average Bonchev–Trinajstić information content (AvgIpc) is 3.28. The summed E-state index contributed by atoms with van der Waals surface area (Å²) in [7, 11) is 0. The third kappa shape index (κ3) is 3.69. The largest absolute Gasteiger partial charge is 0.447 e. The maximum absolute atomic E-state index is 12.7. The highest BCUT2D eigenvalue weighted by atomic mass is 16.6. The summed E-state index contributed by atoms with van der Waals surface area (Å²) < 4.78 is 6.72. The van der Waals surface area contributed by atoms with Gasteiger partial charge in [0.15, 0.2) is 5.82 Å². The first-order valence-corrected chi connectivity index (χ1v) is 9.28. The Morgan fingerprint density at radius 3 is 2.59 bits per heavy atom. The lowest BCUT2D eigenvalue weighted by atomic mass is 10.1. The van der Waals surface area contributed by atoms with Crippen LogP contribution < -0.4 is 10.2 Å². The Balaban J connectivity index is 1.53. The van der Waals surface area contributed by atoms with E-state index in [9.17, 15) is 9.59 Å². The topological polar surface area (TPSA) is 89.4 Å². The molecule has 29 heavy (non-hydrogen) atoms. The van der Waals surface area contributed by atoms with Gasteiger partial charge in [0.1, 0.15) is 6.61 Å². The van der Waals surface area contributed by atoms with Crippen molar-refractivity contribution in [2.24, 2.45) is 0 Å². The van der Waals surface area contributed by atoms with Crippen LogP contribution >= 0.6 is 0 Å². The normalized spacial score (nSPS) is 13.5. The van der Waals surface area contributed by atoms with E-state index in [1.807, 2.05) is 39.0 Å². The molecule has 0 unspecified atom stereocenters. The molecule has 1 aliphatic rings. The number of pyridine rings is 1. The number of ether oxygens (including phenoxy) is 1. The number of rotatable bonds is 4. The summed E-state index contributed by atoms with van der Waals surface area (Å²) in [6.45, 7) is 6.62. The van der Waals surface area contributed by atoms with Crippen molar-refractivity contribution in [2.75, 3.05) is 23.4 Å². The standard InChI is InChI=1S/C21H21N5O3/c1-13-4-6-17(25-8-9-29-21(25)28)11-18(13)23-20(27)16-5-7-19(22-12-16)26-15(3)10-14(2)24-26/h4-7,10-12H,8-9H2,1-3H3,(H,23,27). The first-order valence-electron chi connectivity index (χ1n) is 9.28. The summed E-state index contributed by atoms with van der Waals surface area (Å²) in [5.74, 6) is 0.375. The highest BCUT2D eigenvalue weighted by molar-refractivity contribution is 6.05. The summed E-state index contributed by atoms with van der Waals surface area (Å²) in [5, 5.41) is 7.30. The van der Waals surface area contributed by atoms with Gasteiger partial charge >= 0.3 is 6.09 Å². The number of nitrogens with one attached hydrogen (secondary N) is 1. The van der Waals surface area contributed by atoms with Gasteiger partial charge in [-0.15, -0.1) is 0 Å². The number of cyclic esters (lactones) is 1. The van der Waals surface area contributed by atoms with Crippen molar-refractivity contribution in [3.8, 4) is 5.82 Å². The van der Waals surface area contributed by atoms with E-state index in [-0.39, 0.29) is 12.0 Å². The van der Waals surface area contributed by atoms with Gasteiger partial charge in [0.2, 0.25) is 0 Å². The molecule has 1 aromatic carbocycles. The number of hydrogen-bond acceptors (Lipinski definition) is 5. The van der Waals surface area contributed by atoms with Crippen molar-refractivity contribution in [3.63, 3.8) is 0 Å². The van der Waals surface area contributed by atoms with Gasteiger partial charge in [0.25, 0.3) is 5.91 Å². The summed E-state index contributed by atoms with van der Waals surface area (Å²) in [5.41, 5.74) is 4.52. The van der Waals surface area contributed by atoms with Crippen LogP contribution in [-0.4, -0.2) is 39.9 Å². The molecule has 0 bridgehead atoms. The fourth-order valence-corrected chi connectivity index (χ4v) is 3.24. The van der Waals surface area contributed by atoms with Crippen LogP contribution in [0.15, 0.2) is 42.6 Å². The molecule has 3 heterocycles. The minimum atomic E-state index is -0.380. The van der Waals surface area contributed by atoms with Crippen molar-refractivity contribution in [3.05, 3.63) is 65.1 Å². The number of carbonyl (C=O) groups is 2. The van der Waals surface area contributed by atoms with E-state index >= 15 is 0 Å². The number of carbonyl (C=O) groups excluding carboxylic acids is 2. The molecule has 148 valence electrons. The van der Waals surface area contributed by atoms with Gasteiger partial charge < -0.3 is 10.1 Å². The van der Waals surface area contributed by atoms with Crippen LogP contribution in [0, 0.1) is 20.8 Å². The molecule has 8 nitrogen and oxygen atoms in total. The fraction of sp³-hybridized carbons (Fsp3) is 0.238. The minimum Gasteiger partial charge on any atom is -0.447 e. The van der Waals surface area contributed by atoms with E-state index in [1.165, 1.54) is 6.20 Å². The predicted molar refractivity (Wildman–Crippen MR) is 109 cm³/mol. The number of anilines is 2. The SMILES string of the molecule is Cc1cc(C)n(-c2ccc(C(=O)Nc3cc(N4CCOC4=O)ccc3C)cn2)n1. The van der Waals surface area contributed by atoms with Gasteiger partial charge in [-0.2, -0.15) is 5.10 Å². The van der Waals surface area contributed by atoms with E-state index in [0.717, 1.165) is 17.0 Å². The summed E-state index contributed by atoms with van der Waals surface area (Å²) in [4.78, 5) is 30.4. The molecule has 4 rings (SSSR count). The Hall–Kier alpha value is -3.68. The number of amides is 2. The first kappa shape index (κ1) is 18.7. The second-order valence-corrected chi connectivity index (χ2v) is 6.96. The van der Waals surface area contributed by atoms with E-state index in [0.29, 0.717) is 35.9 Å². The van der Waals surface area contributed by atoms with Gasteiger partial charge in [0.05, 0.1) is 17.8 Å². The Morgan fingerprint density at radius 2 is 1.97 bits per heavy atom. The Labute approximate surface area is 168 Å². The Kier molecular flexibility index (Phi) is 4.75. The van der Waals surface area contributed by atoms with E-state index in [2.05, 4.69) is 15.4 Å². The number of benzene rings is 1. The molecule has 0 spiro atoms. The van der Waals surface area contributed by atoms with Crippen LogP contribution in [0.4, 0.5) is 16.2 Å². The van der Waals surface area contributed by atoms with Crippen LogP contribution in [-0.2, 0) is 4.74 Å². The summed E-state index contributed by atoms with van der Waals surface area (Å²) >= 11 is 0. The van der Waals surface area contributed by atoms with Gasteiger partial charge in [-0.05, 0) is 56.7 Å². The molecule has 1 fully saturated rings. The predicted octanol–water partition coefficient (Wildman–Crippen LogP) is 3.40. The molecule has 3 aromatic rings. The van der Waals surface area contributed by atoms with Crippen LogP contribution in [0.3, 0.4) is 0 Å². The highest BCUT2D eigenvalue weighted by Gasteiger charge is 2.24. The van der Waals surface area contributed by atoms with Crippen molar-refractivity contribution in [1.29, 1.82) is 0 Å². The molecule has 1 N–H and O–H groups in total. The van der Waals surface area contributed by atoms with E-state index in [1.54, 1.807) is 27.8 Å². The Morgan fingerprint density at radius 1 is 1.14 bits per heavy atom. The van der Waals surface area contributed by atoms with Crippen LogP contribution in [0.2, 0.25) is 0 Å². The smallest absolute Gasteiger partial charge is 0.414 e. The van der Waals surface area contributed by atoms with Crippen molar-refractivity contribution in [2.45, 2.75) is 20.8 Å². The van der Waals surface area contributed by atoms with E-state index < -0.39 is 0 Å². The molecular weight excluding hydrogens is 370 g/mol. The average molecular weight is 391 g/mol. The maximum Gasteiger partial charge on any atom is 0.414 e. The summed E-state index contributed by atoms with van der Waals surface area (Å²) in [6, 6.07) is 10.9.